The number of nitrogens with zero attached hydrogens (tertiary/aromatic N) is 1. The Morgan fingerprint density at radius 2 is 2.15 bits per heavy atom. The molecule has 0 aliphatic carbocycles. The van der Waals surface area contributed by atoms with Gasteiger partial charge in [0.2, 0.25) is 0 Å². The van der Waals surface area contributed by atoms with E-state index in [0.717, 1.165) is 6.54 Å². The monoisotopic (exact) mass is 295 g/mol. The molecular formula is C15H22ClN3O. The van der Waals surface area contributed by atoms with Crippen LogP contribution in [0.25, 0.3) is 0 Å². The van der Waals surface area contributed by atoms with Gasteiger partial charge in [-0.15, -0.1) is 0 Å². The number of benzene rings is 1. The maximum atomic E-state index is 12.1. The van der Waals surface area contributed by atoms with Crippen LogP contribution in [0.4, 0.5) is 5.69 Å². The molecule has 20 heavy (non-hydrogen) atoms. The molecule has 1 aliphatic rings. The van der Waals surface area contributed by atoms with Crippen molar-refractivity contribution in [3.8, 4) is 0 Å². The Bertz CT molecular complexity index is 472. The molecule has 1 aliphatic heterocycles. The van der Waals surface area contributed by atoms with Gasteiger partial charge in [0.15, 0.2) is 0 Å². The lowest BCUT2D eigenvalue weighted by molar-refractivity contribution is 0.0946. The Balaban J connectivity index is 1.83. The minimum Gasteiger partial charge on any atom is -0.398 e. The van der Waals surface area contributed by atoms with Gasteiger partial charge in [0.1, 0.15) is 0 Å². The summed E-state index contributed by atoms with van der Waals surface area (Å²) in [5.74, 6) is 0.274. The SMILES string of the molecule is CC(CNC(=O)c1cc(Cl)ccc1N)CN1CCCC1. The highest BCUT2D eigenvalue weighted by molar-refractivity contribution is 6.31. The molecule has 1 heterocycles. The van der Waals surface area contributed by atoms with Crippen LogP contribution < -0.4 is 11.1 Å². The minimum atomic E-state index is -0.154. The largest absolute Gasteiger partial charge is 0.398 e. The fourth-order valence-electron chi connectivity index (χ4n) is 2.56. The second-order valence-electron chi connectivity index (χ2n) is 5.55. The second kappa shape index (κ2) is 6.95. The Labute approximate surface area is 125 Å². The topological polar surface area (TPSA) is 58.4 Å². The first kappa shape index (κ1) is 15.1. The number of nitrogens with one attached hydrogen (secondary N) is 1. The number of halogens is 1. The standard InChI is InChI=1S/C15H22ClN3O/c1-11(10-19-6-2-3-7-19)9-18-15(20)13-8-12(16)4-5-14(13)17/h4-5,8,11H,2-3,6-7,9-10,17H2,1H3,(H,18,20). The third-order valence-electron chi connectivity index (χ3n) is 3.64. The van der Waals surface area contributed by atoms with Crippen molar-refractivity contribution in [3.63, 3.8) is 0 Å². The van der Waals surface area contributed by atoms with Crippen molar-refractivity contribution in [2.45, 2.75) is 19.8 Å². The minimum absolute atomic E-state index is 0.154. The van der Waals surface area contributed by atoms with E-state index in [9.17, 15) is 4.79 Å². The molecule has 5 heteroatoms. The Hall–Kier alpha value is -1.26. The van der Waals surface area contributed by atoms with Gasteiger partial charge in [-0.1, -0.05) is 18.5 Å². The number of hydrogen-bond donors (Lipinski definition) is 2. The average Bonchev–Trinajstić information content (AvgIpc) is 2.91. The average molecular weight is 296 g/mol. The molecule has 110 valence electrons. The summed E-state index contributed by atoms with van der Waals surface area (Å²) in [5.41, 5.74) is 6.71. The van der Waals surface area contributed by atoms with Crippen LogP contribution in [0.5, 0.6) is 0 Å². The highest BCUT2D eigenvalue weighted by Crippen LogP contribution is 2.18. The van der Waals surface area contributed by atoms with Gasteiger partial charge in [-0.25, -0.2) is 0 Å². The Morgan fingerprint density at radius 3 is 2.85 bits per heavy atom. The fourth-order valence-corrected chi connectivity index (χ4v) is 2.73. The molecule has 1 saturated heterocycles. The van der Waals surface area contributed by atoms with Crippen molar-refractivity contribution in [1.29, 1.82) is 0 Å². The molecule has 1 aromatic rings. The first-order chi connectivity index (χ1) is 9.56. The molecule has 2 rings (SSSR count). The predicted molar refractivity (Wildman–Crippen MR) is 83.0 cm³/mol. The third kappa shape index (κ3) is 4.12. The number of carbonyl (C=O) groups is 1. The zero-order chi connectivity index (χ0) is 14.5. The van der Waals surface area contributed by atoms with Crippen LogP contribution in [0.15, 0.2) is 18.2 Å². The summed E-state index contributed by atoms with van der Waals surface area (Å²) in [6, 6.07) is 4.95. The lowest BCUT2D eigenvalue weighted by Crippen LogP contribution is -2.34. The van der Waals surface area contributed by atoms with Crippen molar-refractivity contribution >= 4 is 23.2 Å². The summed E-state index contributed by atoms with van der Waals surface area (Å²) < 4.78 is 0. The van der Waals surface area contributed by atoms with Gasteiger partial charge in [0.25, 0.3) is 5.91 Å². The highest BCUT2D eigenvalue weighted by atomic mass is 35.5. The Kier molecular flexibility index (Phi) is 5.26. The number of hydrogen-bond acceptors (Lipinski definition) is 3. The molecule has 1 atom stereocenters. The number of nitrogen functional groups attached to an aromatic ring is 1. The molecule has 1 aromatic carbocycles. The van der Waals surface area contributed by atoms with Crippen LogP contribution in [-0.2, 0) is 0 Å². The highest BCUT2D eigenvalue weighted by Gasteiger charge is 2.16. The fraction of sp³-hybridized carbons (Fsp3) is 0.533. The lowest BCUT2D eigenvalue weighted by atomic mass is 10.1. The van der Waals surface area contributed by atoms with E-state index in [2.05, 4.69) is 17.1 Å². The van der Waals surface area contributed by atoms with Crippen LogP contribution in [0.3, 0.4) is 0 Å². The Morgan fingerprint density at radius 1 is 1.45 bits per heavy atom. The number of likely N-dealkylation sites (tertiary alicyclic amines) is 1. The molecule has 3 N–H and O–H groups in total. The van der Waals surface area contributed by atoms with E-state index in [1.54, 1.807) is 18.2 Å². The van der Waals surface area contributed by atoms with E-state index >= 15 is 0 Å². The number of carbonyl (C=O) groups excluding carboxylic acids is 1. The molecule has 0 aromatic heterocycles. The molecule has 0 saturated carbocycles. The summed E-state index contributed by atoms with van der Waals surface area (Å²) in [6.45, 7) is 6.20. The molecule has 0 bridgehead atoms. The normalized spacial score (nSPS) is 17.1. The van der Waals surface area contributed by atoms with Crippen molar-refractivity contribution in [1.82, 2.24) is 10.2 Å². The van der Waals surface area contributed by atoms with Gasteiger partial charge in [-0.2, -0.15) is 0 Å². The van der Waals surface area contributed by atoms with Crippen molar-refractivity contribution in [2.75, 3.05) is 31.9 Å². The van der Waals surface area contributed by atoms with Crippen LogP contribution >= 0.6 is 11.6 Å². The number of nitrogens with two attached hydrogens (primary N) is 1. The van der Waals surface area contributed by atoms with Gasteiger partial charge < -0.3 is 16.0 Å². The van der Waals surface area contributed by atoms with Gasteiger partial charge in [0, 0.05) is 23.8 Å². The predicted octanol–water partition coefficient (Wildman–Crippen LogP) is 2.38. The van der Waals surface area contributed by atoms with Gasteiger partial charge in [0.05, 0.1) is 5.56 Å². The van der Waals surface area contributed by atoms with E-state index in [1.807, 2.05) is 0 Å². The number of amides is 1. The second-order valence-corrected chi connectivity index (χ2v) is 5.99. The van der Waals surface area contributed by atoms with Gasteiger partial charge >= 0.3 is 0 Å². The van der Waals surface area contributed by atoms with Gasteiger partial charge in [-0.05, 0) is 50.0 Å². The summed E-state index contributed by atoms with van der Waals surface area (Å²) >= 11 is 5.89. The first-order valence-corrected chi connectivity index (χ1v) is 7.49. The molecule has 1 fully saturated rings. The van der Waals surface area contributed by atoms with Crippen molar-refractivity contribution in [2.24, 2.45) is 5.92 Å². The maximum Gasteiger partial charge on any atom is 0.253 e. The quantitative estimate of drug-likeness (QED) is 0.820. The van der Waals surface area contributed by atoms with Crippen molar-refractivity contribution in [3.05, 3.63) is 28.8 Å². The van der Waals surface area contributed by atoms with E-state index in [0.29, 0.717) is 28.7 Å². The molecule has 1 unspecified atom stereocenters. The summed E-state index contributed by atoms with van der Waals surface area (Å²) in [4.78, 5) is 14.5. The molecule has 1 amide bonds. The summed E-state index contributed by atoms with van der Waals surface area (Å²) in [7, 11) is 0. The van der Waals surface area contributed by atoms with Crippen LogP contribution in [-0.4, -0.2) is 37.0 Å². The van der Waals surface area contributed by atoms with E-state index in [-0.39, 0.29) is 5.91 Å². The zero-order valence-corrected chi connectivity index (χ0v) is 12.6. The van der Waals surface area contributed by atoms with E-state index in [1.165, 1.54) is 25.9 Å². The summed E-state index contributed by atoms with van der Waals surface area (Å²) in [6.07, 6.45) is 2.58. The summed E-state index contributed by atoms with van der Waals surface area (Å²) in [5, 5.41) is 3.46. The van der Waals surface area contributed by atoms with Crippen LogP contribution in [0.2, 0.25) is 5.02 Å². The van der Waals surface area contributed by atoms with Crippen molar-refractivity contribution < 1.29 is 4.79 Å². The lowest BCUT2D eigenvalue weighted by Gasteiger charge is -2.20. The van der Waals surface area contributed by atoms with Crippen LogP contribution in [0, 0.1) is 5.92 Å². The van der Waals surface area contributed by atoms with Gasteiger partial charge in [-0.3, -0.25) is 4.79 Å². The van der Waals surface area contributed by atoms with Crippen LogP contribution in [0.1, 0.15) is 30.1 Å². The maximum absolute atomic E-state index is 12.1. The third-order valence-corrected chi connectivity index (χ3v) is 3.87. The molecule has 0 radical (unpaired) electrons. The smallest absolute Gasteiger partial charge is 0.253 e. The van der Waals surface area contributed by atoms with E-state index < -0.39 is 0 Å². The molecule has 4 nitrogen and oxygen atoms in total. The van der Waals surface area contributed by atoms with E-state index in [4.69, 9.17) is 17.3 Å². The number of anilines is 1. The number of rotatable bonds is 5. The first-order valence-electron chi connectivity index (χ1n) is 7.12. The molecular weight excluding hydrogens is 274 g/mol. The molecule has 0 spiro atoms. The zero-order valence-electron chi connectivity index (χ0n) is 11.9.